The van der Waals surface area contributed by atoms with Crippen LogP contribution in [0.15, 0.2) is 145 Å². The van der Waals surface area contributed by atoms with Gasteiger partial charge in [-0.3, -0.25) is 9.59 Å². The quantitative estimate of drug-likeness (QED) is 0.0421. The molecule has 6 rings (SSSR count). The molecule has 78 heavy (non-hydrogen) atoms. The van der Waals surface area contributed by atoms with Gasteiger partial charge in [0, 0.05) is 30.6 Å². The van der Waals surface area contributed by atoms with Crippen LogP contribution in [-0.2, 0) is 38.1 Å². The molecule has 11 unspecified atom stereocenters. The van der Waals surface area contributed by atoms with Crippen LogP contribution >= 0.6 is 0 Å². The van der Waals surface area contributed by atoms with Gasteiger partial charge in [0.2, 0.25) is 0 Å². The highest BCUT2D eigenvalue weighted by atomic mass is 16.6. The van der Waals surface area contributed by atoms with Crippen molar-refractivity contribution in [3.63, 3.8) is 0 Å². The van der Waals surface area contributed by atoms with Crippen LogP contribution in [0, 0.1) is 16.7 Å². The molecule has 11 atom stereocenters. The van der Waals surface area contributed by atoms with Crippen molar-refractivity contribution >= 4 is 29.8 Å². The van der Waals surface area contributed by atoms with E-state index < -0.39 is 112 Å². The Morgan fingerprint density at radius 3 is 1.85 bits per heavy atom. The zero-order valence-corrected chi connectivity index (χ0v) is 46.5. The Hall–Kier alpha value is -6.23. The van der Waals surface area contributed by atoms with Gasteiger partial charge < -0.3 is 49.4 Å². The van der Waals surface area contributed by atoms with Crippen molar-refractivity contribution in [2.24, 2.45) is 16.7 Å². The molecule has 0 radical (unpaired) electrons. The van der Waals surface area contributed by atoms with E-state index in [0.717, 1.165) is 32.1 Å². The first kappa shape index (κ1) is 61.0. The number of amides is 1. The van der Waals surface area contributed by atoms with E-state index in [9.17, 15) is 39.6 Å². The number of carbonyl (C=O) groups is 5. The number of nitrogens with one attached hydrogen (secondary N) is 1. The molecule has 422 valence electrons. The number of esters is 3. The molecule has 2 bridgehead atoms. The molecule has 1 aliphatic heterocycles. The average Bonchev–Trinajstić information content (AvgIpc) is 3.32. The first-order valence-corrected chi connectivity index (χ1v) is 27.3. The lowest BCUT2D eigenvalue weighted by molar-refractivity contribution is -0.343. The van der Waals surface area contributed by atoms with E-state index in [1.54, 1.807) is 90.1 Å². The fourth-order valence-corrected chi connectivity index (χ4v) is 11.3. The van der Waals surface area contributed by atoms with Gasteiger partial charge in [0.05, 0.1) is 35.8 Å². The highest BCUT2D eigenvalue weighted by molar-refractivity contribution is 5.95. The number of alkyl carbamates (subject to hydrolysis) is 1. The summed E-state index contributed by atoms with van der Waals surface area (Å²) in [6.07, 6.45) is 18.6. The topological polar surface area (TPSA) is 224 Å². The zero-order chi connectivity index (χ0) is 56.9. The summed E-state index contributed by atoms with van der Waals surface area (Å²) in [6, 6.07) is 14.7. The summed E-state index contributed by atoms with van der Waals surface area (Å²) in [4.78, 5) is 71.9. The third kappa shape index (κ3) is 14.0. The first-order chi connectivity index (χ1) is 37.0. The predicted molar refractivity (Wildman–Crippen MR) is 295 cm³/mol. The maximum atomic E-state index is 15.8. The minimum atomic E-state index is -2.40. The number of benzene rings is 2. The lowest BCUT2D eigenvalue weighted by atomic mass is 9.44. The largest absolute Gasteiger partial charge is 0.456 e. The Kier molecular flexibility index (Phi) is 20.8. The van der Waals surface area contributed by atoms with Crippen LogP contribution in [0.3, 0.4) is 0 Å². The number of Topliss-reactive ketones (excluding diaryl/α,β-unsaturated/α-hetero) is 1. The van der Waals surface area contributed by atoms with Crippen molar-refractivity contribution in [3.8, 4) is 0 Å². The summed E-state index contributed by atoms with van der Waals surface area (Å²) in [6.45, 7) is 12.9. The molecular weight excluding hydrogens is 995 g/mol. The predicted octanol–water partition coefficient (Wildman–Crippen LogP) is 9.72. The number of rotatable bonds is 22. The molecule has 15 heteroatoms. The molecule has 3 fully saturated rings. The van der Waals surface area contributed by atoms with Crippen LogP contribution in [0.4, 0.5) is 4.79 Å². The minimum Gasteiger partial charge on any atom is -0.456 e. The third-order valence-electron chi connectivity index (χ3n) is 15.6. The summed E-state index contributed by atoms with van der Waals surface area (Å²) in [5, 5.41) is 53.1. The molecule has 0 aromatic heterocycles. The Morgan fingerprint density at radius 2 is 1.32 bits per heavy atom. The molecule has 5 N–H and O–H groups in total. The van der Waals surface area contributed by atoms with Gasteiger partial charge in [0.1, 0.15) is 29.0 Å². The monoisotopic (exact) mass is 1080 g/mol. The van der Waals surface area contributed by atoms with E-state index in [2.05, 4.69) is 66.9 Å². The number of aliphatic hydroxyl groups is 4. The van der Waals surface area contributed by atoms with Crippen molar-refractivity contribution in [2.75, 3.05) is 6.61 Å². The second-order valence-corrected chi connectivity index (χ2v) is 22.4. The molecule has 1 saturated heterocycles. The van der Waals surface area contributed by atoms with Crippen LogP contribution in [0.5, 0.6) is 0 Å². The molecule has 15 nitrogen and oxygen atoms in total. The van der Waals surface area contributed by atoms with E-state index in [-0.39, 0.29) is 42.6 Å². The second-order valence-electron chi connectivity index (χ2n) is 22.4. The summed E-state index contributed by atoms with van der Waals surface area (Å²) in [7, 11) is 0. The summed E-state index contributed by atoms with van der Waals surface area (Å²) >= 11 is 0. The van der Waals surface area contributed by atoms with E-state index in [1.807, 2.05) is 18.2 Å². The van der Waals surface area contributed by atoms with Crippen molar-refractivity contribution in [2.45, 2.75) is 179 Å². The minimum absolute atomic E-state index is 0.00826. The van der Waals surface area contributed by atoms with Gasteiger partial charge in [-0.1, -0.05) is 142 Å². The Labute approximate surface area is 459 Å². The smallest absolute Gasteiger partial charge is 0.408 e. The lowest BCUT2D eigenvalue weighted by Gasteiger charge is -2.66. The fourth-order valence-electron chi connectivity index (χ4n) is 11.3. The van der Waals surface area contributed by atoms with Crippen molar-refractivity contribution in [1.82, 2.24) is 5.32 Å². The number of hydrogen-bond donors (Lipinski definition) is 5. The summed E-state index contributed by atoms with van der Waals surface area (Å²) < 4.78 is 30.1. The van der Waals surface area contributed by atoms with Gasteiger partial charge >= 0.3 is 24.0 Å². The Bertz CT molecular complexity index is 2630. The highest BCUT2D eigenvalue weighted by Crippen LogP contribution is 2.63. The molecule has 0 spiro atoms. The van der Waals surface area contributed by atoms with E-state index in [4.69, 9.17) is 23.7 Å². The van der Waals surface area contributed by atoms with Crippen LogP contribution < -0.4 is 5.32 Å². The zero-order valence-electron chi connectivity index (χ0n) is 46.5. The van der Waals surface area contributed by atoms with Gasteiger partial charge in [-0.05, 0) is 108 Å². The maximum Gasteiger partial charge on any atom is 0.408 e. The average molecular weight is 1080 g/mol. The van der Waals surface area contributed by atoms with Gasteiger partial charge in [-0.2, -0.15) is 0 Å². The molecule has 3 aliphatic carbocycles. The first-order valence-electron chi connectivity index (χ1n) is 27.3. The van der Waals surface area contributed by atoms with E-state index in [1.165, 1.54) is 19.1 Å². The number of aliphatic hydroxyl groups excluding tert-OH is 2. The van der Waals surface area contributed by atoms with Gasteiger partial charge in [0.15, 0.2) is 18.0 Å². The van der Waals surface area contributed by atoms with Crippen LogP contribution in [0.1, 0.15) is 142 Å². The number of carbonyl (C=O) groups excluding carboxylic acids is 5. The molecule has 1 heterocycles. The molecule has 1 amide bonds. The Morgan fingerprint density at radius 1 is 0.782 bits per heavy atom. The molecular formula is C63H81NO14. The fraction of sp³-hybridized carbons (Fsp3) is 0.508. The molecule has 2 aromatic carbocycles. The number of ether oxygens (including phenoxy) is 5. The van der Waals surface area contributed by atoms with Crippen molar-refractivity contribution in [3.05, 3.63) is 156 Å². The molecule has 2 aromatic rings. The maximum absolute atomic E-state index is 15.8. The second kappa shape index (κ2) is 26.6. The number of ketones is 1. The van der Waals surface area contributed by atoms with Gasteiger partial charge in [-0.25, -0.2) is 14.4 Å². The number of allylic oxidation sites excluding steroid dienone is 12. The van der Waals surface area contributed by atoms with Crippen LogP contribution in [0.25, 0.3) is 0 Å². The van der Waals surface area contributed by atoms with E-state index >= 15 is 4.79 Å². The third-order valence-corrected chi connectivity index (χ3v) is 15.6. The standard InChI is InChI=1S/C63H81NO14/c1-9-10-11-12-13-14-15-16-17-18-19-20-21-22-23-24-25-26-33-38-48(66)76-52-49-42(2)45(75-57(70)51(67)50(43-34-29-27-30-35-43)64-58(71)78-59(3,4)5)40-63(73,60(49,6)7)55(77-56(69)44-36-31-28-32-37-44)53-61(8,54(52)68)46(65)39-47-62(53,72)41-74-47/h10-11,13-14,16-17,19-20,22-23,25-32,34-37,45-47,50-53,55,65,67,72-73H,9,12,15,18,21,24,33,38-41H2,1-8H3,(H,64,71)/b11-10-,14-13-,17-16-,20-19-,23-22-,26-25-. The lowest BCUT2D eigenvalue weighted by Crippen LogP contribution is -2.81. The van der Waals surface area contributed by atoms with Crippen molar-refractivity contribution < 1.29 is 68.1 Å². The Balaban J connectivity index is 1.29. The van der Waals surface area contributed by atoms with Crippen LogP contribution in [0.2, 0.25) is 0 Å². The number of hydrogen-bond acceptors (Lipinski definition) is 14. The summed E-state index contributed by atoms with van der Waals surface area (Å²) in [5.41, 5.74) is -8.47. The molecule has 2 saturated carbocycles. The van der Waals surface area contributed by atoms with Crippen LogP contribution in [-0.4, -0.2) is 110 Å². The van der Waals surface area contributed by atoms with Gasteiger partial charge in [0.25, 0.3) is 0 Å². The SMILES string of the molecule is CC/C=C\C/C=C\C/C=C\C/C=C\C/C=C\C/C=C\CCC(=O)OC1C(=O)C2(C)C(O)CC3OCC3(O)C2C(OC(=O)c2ccccc2)C2(O)CC(OC(=O)C(O)C(NC(=O)OC(C)(C)C)c3ccccc3)C(C)=C1C2(C)C. The van der Waals surface area contributed by atoms with Crippen molar-refractivity contribution in [1.29, 1.82) is 0 Å². The van der Waals surface area contributed by atoms with Gasteiger partial charge in [-0.15, -0.1) is 0 Å². The normalized spacial score (nSPS) is 28.7. The number of fused-ring (bicyclic) bond motifs is 5. The highest BCUT2D eigenvalue weighted by Gasteiger charge is 2.77. The molecule has 4 aliphatic rings. The summed E-state index contributed by atoms with van der Waals surface area (Å²) in [5.74, 6) is -5.40. The van der Waals surface area contributed by atoms with E-state index in [0.29, 0.717) is 12.0 Å².